The van der Waals surface area contributed by atoms with Crippen molar-refractivity contribution in [3.63, 3.8) is 0 Å². The van der Waals surface area contributed by atoms with Gasteiger partial charge in [0.1, 0.15) is 6.10 Å². The average Bonchev–Trinajstić information content (AvgIpc) is 3.25. The lowest BCUT2D eigenvalue weighted by Gasteiger charge is -2.64. The fourth-order valence-electron chi connectivity index (χ4n) is 7.77. The topological polar surface area (TPSA) is 88.1 Å². The molecule has 0 aromatic heterocycles. The molecule has 0 radical (unpaired) electrons. The van der Waals surface area contributed by atoms with Gasteiger partial charge in [0.05, 0.1) is 29.9 Å². The van der Waals surface area contributed by atoms with Gasteiger partial charge in [0, 0.05) is 18.2 Å². The third kappa shape index (κ3) is 3.98. The highest BCUT2D eigenvalue weighted by Gasteiger charge is 2.73. The number of hydrogen-bond donors (Lipinski definition) is 2. The molecule has 0 amide bonds. The molecule has 2 aromatic rings. The first-order valence-electron chi connectivity index (χ1n) is 14.1. The number of aliphatic hydroxyl groups is 1. The summed E-state index contributed by atoms with van der Waals surface area (Å²) in [5, 5.41) is 12.7. The van der Waals surface area contributed by atoms with Gasteiger partial charge in [-0.2, -0.15) is 0 Å². The number of hydrogen-bond acceptors (Lipinski definition) is 6. The molecule has 7 nitrogen and oxygen atoms in total. The van der Waals surface area contributed by atoms with Gasteiger partial charge in [0.25, 0.3) is 0 Å². The Labute approximate surface area is 226 Å². The van der Waals surface area contributed by atoms with Gasteiger partial charge < -0.3 is 14.6 Å². The fourth-order valence-corrected chi connectivity index (χ4v) is 9.37. The summed E-state index contributed by atoms with van der Waals surface area (Å²) in [4.78, 5) is 2.47. The van der Waals surface area contributed by atoms with Crippen molar-refractivity contribution in [1.82, 2.24) is 9.62 Å². The molecule has 8 heteroatoms. The summed E-state index contributed by atoms with van der Waals surface area (Å²) in [5.41, 5.74) is 1.86. The number of likely N-dealkylation sites (tertiary alicyclic amines) is 1. The van der Waals surface area contributed by atoms with Crippen LogP contribution in [0.15, 0.2) is 42.5 Å². The monoisotopic (exact) mass is 540 g/mol. The van der Waals surface area contributed by atoms with Crippen LogP contribution in [0.4, 0.5) is 0 Å². The number of rotatable bonds is 9. The smallest absolute Gasteiger partial charge is 0.211 e. The van der Waals surface area contributed by atoms with E-state index < -0.39 is 33.2 Å². The molecule has 206 valence electrons. The second-order valence-electron chi connectivity index (χ2n) is 12.1. The average molecular weight is 541 g/mol. The highest BCUT2D eigenvalue weighted by atomic mass is 32.2. The van der Waals surface area contributed by atoms with Gasteiger partial charge >= 0.3 is 0 Å². The molecule has 2 N–H and O–H groups in total. The molecule has 1 spiro atoms. The van der Waals surface area contributed by atoms with Gasteiger partial charge in [-0.3, -0.25) is 4.90 Å². The van der Waals surface area contributed by atoms with Crippen LogP contribution in [0.5, 0.6) is 11.5 Å². The second-order valence-corrected chi connectivity index (χ2v) is 13.9. The van der Waals surface area contributed by atoms with Gasteiger partial charge in [-0.25, -0.2) is 13.1 Å². The Morgan fingerprint density at radius 3 is 2.71 bits per heavy atom. The van der Waals surface area contributed by atoms with Crippen molar-refractivity contribution in [2.75, 3.05) is 26.0 Å². The molecule has 0 unspecified atom stereocenters. The van der Waals surface area contributed by atoms with Crippen molar-refractivity contribution in [1.29, 1.82) is 0 Å². The van der Waals surface area contributed by atoms with Crippen molar-refractivity contribution in [2.24, 2.45) is 5.92 Å². The number of piperidine rings is 1. The number of sulfonamides is 1. The maximum atomic E-state index is 13.1. The lowest BCUT2D eigenvalue weighted by molar-refractivity contribution is -0.189. The minimum Gasteiger partial charge on any atom is -0.493 e. The van der Waals surface area contributed by atoms with E-state index in [0.29, 0.717) is 36.7 Å². The van der Waals surface area contributed by atoms with Gasteiger partial charge in [-0.05, 0) is 68.2 Å². The Kier molecular flexibility index (Phi) is 6.53. The zero-order valence-corrected chi connectivity index (χ0v) is 23.5. The standard InChI is InChI=1S/C30H40N2O5S/c1-20(2)13-18-38(34,35)31-23-11-14-30(33)25-19-22-9-10-24(36-3)27-26(22)29(30,28(23)37-27)15-17-32(25)16-12-21-7-5-4-6-8-21/h4-10,20,23,25,28,31,33H,11-19H2,1-3H3/t23-,25+,28-,29-,30+/m0/s1. The quantitative estimate of drug-likeness (QED) is 0.507. The van der Waals surface area contributed by atoms with Crippen LogP contribution >= 0.6 is 0 Å². The minimum atomic E-state index is -3.48. The van der Waals surface area contributed by atoms with Crippen LogP contribution in [0, 0.1) is 5.92 Å². The summed E-state index contributed by atoms with van der Waals surface area (Å²) in [5.74, 6) is 1.75. The Hall–Kier alpha value is -2.13. The molecule has 4 aliphatic rings. The summed E-state index contributed by atoms with van der Waals surface area (Å²) < 4.78 is 41.6. The summed E-state index contributed by atoms with van der Waals surface area (Å²) >= 11 is 0. The lowest BCUT2D eigenvalue weighted by atomic mass is 9.48. The molecule has 2 fully saturated rings. The van der Waals surface area contributed by atoms with E-state index in [4.69, 9.17) is 9.47 Å². The molecular weight excluding hydrogens is 500 g/mol. The van der Waals surface area contributed by atoms with E-state index >= 15 is 0 Å². The van der Waals surface area contributed by atoms with E-state index in [2.05, 4.69) is 40.0 Å². The molecule has 2 aliphatic heterocycles. The van der Waals surface area contributed by atoms with Crippen LogP contribution in [0.25, 0.3) is 0 Å². The molecular formula is C30H40N2O5S. The summed E-state index contributed by atoms with van der Waals surface area (Å²) in [7, 11) is -1.84. The van der Waals surface area contributed by atoms with Gasteiger partial charge in [-0.1, -0.05) is 50.2 Å². The predicted molar refractivity (Wildman–Crippen MR) is 147 cm³/mol. The molecule has 2 aliphatic carbocycles. The van der Waals surface area contributed by atoms with Crippen LogP contribution in [-0.4, -0.2) is 68.2 Å². The van der Waals surface area contributed by atoms with Gasteiger partial charge in [-0.15, -0.1) is 0 Å². The minimum absolute atomic E-state index is 0.0450. The van der Waals surface area contributed by atoms with Crippen LogP contribution in [0.3, 0.4) is 0 Å². The largest absolute Gasteiger partial charge is 0.493 e. The molecule has 38 heavy (non-hydrogen) atoms. The van der Waals surface area contributed by atoms with Crippen molar-refractivity contribution in [2.45, 2.75) is 81.6 Å². The van der Waals surface area contributed by atoms with E-state index in [9.17, 15) is 13.5 Å². The van der Waals surface area contributed by atoms with E-state index in [1.54, 1.807) is 7.11 Å². The molecule has 2 heterocycles. The van der Waals surface area contributed by atoms with Crippen molar-refractivity contribution >= 4 is 10.0 Å². The second kappa shape index (κ2) is 9.51. The third-order valence-electron chi connectivity index (χ3n) is 9.60. The molecule has 1 saturated carbocycles. The van der Waals surface area contributed by atoms with Crippen LogP contribution in [0.1, 0.15) is 56.2 Å². The summed E-state index contributed by atoms with van der Waals surface area (Å²) in [6, 6.07) is 14.1. The highest BCUT2D eigenvalue weighted by Crippen LogP contribution is 2.65. The normalized spacial score (nSPS) is 31.7. The van der Waals surface area contributed by atoms with E-state index in [1.165, 1.54) is 11.1 Å². The van der Waals surface area contributed by atoms with Crippen molar-refractivity contribution in [3.05, 3.63) is 59.2 Å². The molecule has 5 atom stereocenters. The third-order valence-corrected chi connectivity index (χ3v) is 11.0. The molecule has 2 aromatic carbocycles. The fraction of sp³-hybridized carbons (Fsp3) is 0.600. The molecule has 1 saturated heterocycles. The Balaban J connectivity index is 1.36. The zero-order chi connectivity index (χ0) is 26.7. The Morgan fingerprint density at radius 1 is 1.18 bits per heavy atom. The number of benzene rings is 2. The lowest BCUT2D eigenvalue weighted by Crippen LogP contribution is -2.78. The van der Waals surface area contributed by atoms with Gasteiger partial charge in [0.2, 0.25) is 10.0 Å². The van der Waals surface area contributed by atoms with Crippen LogP contribution in [0.2, 0.25) is 0 Å². The van der Waals surface area contributed by atoms with Crippen LogP contribution in [-0.2, 0) is 28.3 Å². The number of ether oxygens (including phenoxy) is 2. The summed E-state index contributed by atoms with van der Waals surface area (Å²) in [6.45, 7) is 5.78. The van der Waals surface area contributed by atoms with Gasteiger partial charge in [0.15, 0.2) is 11.5 Å². The molecule has 2 bridgehead atoms. The zero-order valence-electron chi connectivity index (χ0n) is 22.7. The van der Waals surface area contributed by atoms with Crippen molar-refractivity contribution in [3.8, 4) is 11.5 Å². The first kappa shape index (κ1) is 26.1. The first-order valence-corrected chi connectivity index (χ1v) is 15.7. The predicted octanol–water partition coefficient (Wildman–Crippen LogP) is 3.43. The first-order chi connectivity index (χ1) is 18.2. The Bertz CT molecular complexity index is 1300. The van der Waals surface area contributed by atoms with Crippen LogP contribution < -0.4 is 14.2 Å². The number of nitrogens with zero attached hydrogens (tertiary/aromatic N) is 1. The van der Waals surface area contributed by atoms with E-state index in [1.807, 2.05) is 26.0 Å². The highest BCUT2D eigenvalue weighted by molar-refractivity contribution is 7.89. The van der Waals surface area contributed by atoms with E-state index in [-0.39, 0.29) is 11.8 Å². The number of nitrogens with one attached hydrogen (secondary N) is 1. The molecule has 6 rings (SSSR count). The number of methoxy groups -OCH3 is 1. The maximum Gasteiger partial charge on any atom is 0.211 e. The maximum absolute atomic E-state index is 13.1. The van der Waals surface area contributed by atoms with Crippen molar-refractivity contribution < 1.29 is 23.0 Å². The SMILES string of the molecule is COc1ccc2c3c1O[C@H]1[C@@H](NS(=O)(=O)CCC(C)C)CC[C@@]4(O)[C@@H](C2)N(CCc2ccccc2)CC[C@]314. The summed E-state index contributed by atoms with van der Waals surface area (Å²) in [6.07, 6.45) is 3.61. The Morgan fingerprint density at radius 2 is 1.97 bits per heavy atom. The van der Waals surface area contributed by atoms with E-state index in [0.717, 1.165) is 37.9 Å².